The average molecular weight is 509 g/mol. The zero-order chi connectivity index (χ0) is 25.2. The van der Waals surface area contributed by atoms with Crippen LogP contribution in [0, 0.1) is 18.6 Å². The highest BCUT2D eigenvalue weighted by Crippen LogP contribution is 2.33. The summed E-state index contributed by atoms with van der Waals surface area (Å²) in [5.41, 5.74) is 2.21. The summed E-state index contributed by atoms with van der Waals surface area (Å²) in [5, 5.41) is 9.11. The molecule has 36 heavy (non-hydrogen) atoms. The van der Waals surface area contributed by atoms with E-state index < -0.39 is 17.5 Å². The Kier molecular flexibility index (Phi) is 6.60. The molecule has 2 amide bonds. The lowest BCUT2D eigenvalue weighted by Crippen LogP contribution is -2.38. The first-order valence-corrected chi connectivity index (χ1v) is 12.3. The fourth-order valence-electron chi connectivity index (χ4n) is 4.25. The number of hydrogen-bond acceptors (Lipinski definition) is 6. The van der Waals surface area contributed by atoms with Crippen LogP contribution in [0.4, 0.5) is 14.5 Å². The van der Waals surface area contributed by atoms with Gasteiger partial charge in [-0.25, -0.2) is 13.8 Å². The first-order valence-electron chi connectivity index (χ1n) is 11.4. The summed E-state index contributed by atoms with van der Waals surface area (Å²) in [6.07, 6.45) is 1.41. The maximum atomic E-state index is 13.4. The van der Waals surface area contributed by atoms with Crippen LogP contribution in [0.2, 0.25) is 0 Å². The lowest BCUT2D eigenvalue weighted by Gasteiger charge is -2.31. The van der Waals surface area contributed by atoms with Gasteiger partial charge in [0.1, 0.15) is 22.7 Å². The van der Waals surface area contributed by atoms with Crippen LogP contribution in [0.5, 0.6) is 0 Å². The van der Waals surface area contributed by atoms with Crippen molar-refractivity contribution in [2.45, 2.75) is 25.7 Å². The van der Waals surface area contributed by atoms with Crippen LogP contribution >= 0.6 is 11.3 Å². The number of aromatic nitrogens is 2. The van der Waals surface area contributed by atoms with Gasteiger partial charge in [0.15, 0.2) is 11.6 Å². The molecule has 5 rings (SSSR count). The number of anilines is 1. The molecular formula is C26H22F2N4O3S. The molecule has 1 N–H and O–H groups in total. The predicted molar refractivity (Wildman–Crippen MR) is 131 cm³/mol. The van der Waals surface area contributed by atoms with Gasteiger partial charge in [0.2, 0.25) is 0 Å². The van der Waals surface area contributed by atoms with Gasteiger partial charge < -0.3 is 14.7 Å². The zero-order valence-electron chi connectivity index (χ0n) is 19.3. The summed E-state index contributed by atoms with van der Waals surface area (Å²) in [6.45, 7) is 2.82. The number of amides is 2. The molecule has 4 aromatic rings. The third-order valence-corrected chi connectivity index (χ3v) is 7.19. The first-order chi connectivity index (χ1) is 17.4. The molecule has 0 bridgehead atoms. The topological polar surface area (TPSA) is 88.3 Å². The fourth-order valence-corrected chi connectivity index (χ4v) is 5.22. The molecule has 7 nitrogen and oxygen atoms in total. The highest BCUT2D eigenvalue weighted by Gasteiger charge is 2.31. The van der Waals surface area contributed by atoms with E-state index in [1.54, 1.807) is 17.2 Å². The molecule has 0 spiro atoms. The molecule has 1 aliphatic heterocycles. The Morgan fingerprint density at radius 3 is 2.56 bits per heavy atom. The van der Waals surface area contributed by atoms with Crippen molar-refractivity contribution in [2.75, 3.05) is 18.4 Å². The van der Waals surface area contributed by atoms with Crippen molar-refractivity contribution >= 4 is 28.8 Å². The molecule has 0 atom stereocenters. The van der Waals surface area contributed by atoms with Gasteiger partial charge in [-0.05, 0) is 31.9 Å². The number of aryl methyl sites for hydroxylation is 1. The van der Waals surface area contributed by atoms with E-state index in [4.69, 9.17) is 4.52 Å². The number of carbonyl (C=O) groups excluding carboxylic acids is 2. The van der Waals surface area contributed by atoms with Crippen molar-refractivity contribution in [3.05, 3.63) is 87.6 Å². The molecule has 0 unspecified atom stereocenters. The Morgan fingerprint density at radius 2 is 1.83 bits per heavy atom. The lowest BCUT2D eigenvalue weighted by molar-refractivity contribution is 0.0711. The van der Waals surface area contributed by atoms with Gasteiger partial charge in [-0.1, -0.05) is 35.5 Å². The van der Waals surface area contributed by atoms with E-state index in [0.717, 1.165) is 22.7 Å². The van der Waals surface area contributed by atoms with E-state index in [1.807, 2.05) is 30.3 Å². The molecular weight excluding hydrogens is 486 g/mol. The summed E-state index contributed by atoms with van der Waals surface area (Å²) in [4.78, 5) is 32.1. The van der Waals surface area contributed by atoms with Crippen molar-refractivity contribution in [3.63, 3.8) is 0 Å². The van der Waals surface area contributed by atoms with Gasteiger partial charge in [-0.2, -0.15) is 0 Å². The number of thiazole rings is 1. The Bertz CT molecular complexity index is 1410. The van der Waals surface area contributed by atoms with Crippen LogP contribution in [0.3, 0.4) is 0 Å². The van der Waals surface area contributed by atoms with Crippen LogP contribution in [-0.4, -0.2) is 39.9 Å². The molecule has 184 valence electrons. The van der Waals surface area contributed by atoms with E-state index in [2.05, 4.69) is 15.5 Å². The van der Waals surface area contributed by atoms with Crippen molar-refractivity contribution in [2.24, 2.45) is 0 Å². The molecule has 1 saturated heterocycles. The van der Waals surface area contributed by atoms with Crippen molar-refractivity contribution < 1.29 is 22.9 Å². The second-order valence-electron chi connectivity index (χ2n) is 8.55. The first kappa shape index (κ1) is 23.8. The summed E-state index contributed by atoms with van der Waals surface area (Å²) < 4.78 is 31.9. The third-order valence-electron chi connectivity index (χ3n) is 6.19. The van der Waals surface area contributed by atoms with Crippen molar-refractivity contribution in [3.8, 4) is 11.3 Å². The number of halogens is 2. The number of rotatable bonds is 5. The number of nitrogens with one attached hydrogen (secondary N) is 1. The third kappa shape index (κ3) is 4.76. The molecule has 1 fully saturated rings. The number of nitrogens with zero attached hydrogens (tertiary/aromatic N) is 3. The molecule has 2 aromatic carbocycles. The molecule has 2 aromatic heterocycles. The second kappa shape index (κ2) is 9.98. The zero-order valence-corrected chi connectivity index (χ0v) is 20.1. The lowest BCUT2D eigenvalue weighted by atomic mass is 9.96. The van der Waals surface area contributed by atoms with E-state index in [1.165, 1.54) is 17.4 Å². The van der Waals surface area contributed by atoms with E-state index in [0.29, 0.717) is 42.9 Å². The van der Waals surface area contributed by atoms with Crippen LogP contribution in [0.25, 0.3) is 11.3 Å². The summed E-state index contributed by atoms with van der Waals surface area (Å²) in [7, 11) is 0. The second-order valence-corrected chi connectivity index (χ2v) is 9.44. The molecule has 1 aliphatic rings. The monoisotopic (exact) mass is 508 g/mol. The Morgan fingerprint density at radius 1 is 1.08 bits per heavy atom. The molecule has 0 radical (unpaired) electrons. The van der Waals surface area contributed by atoms with Crippen LogP contribution in [0.15, 0.2) is 58.4 Å². The Balaban J connectivity index is 1.23. The number of likely N-dealkylation sites (tertiary alicyclic amines) is 1. The quantitative estimate of drug-likeness (QED) is 0.376. The standard InChI is InChI=1S/C26H22F2N4O3S/c1-15-22(23(31-35-15)16-5-3-2-4-6-16)26(34)32-11-9-17(10-12-32)25-30-21(14-36-25)24(33)29-18-7-8-19(27)20(28)13-18/h2-8,13-14,17H,9-12H2,1H3,(H,29,33). The SMILES string of the molecule is Cc1onc(-c2ccccc2)c1C(=O)N1CCC(c2nc(C(=O)Nc3ccc(F)c(F)c3)cs2)CC1. The Hall–Kier alpha value is -3.92. The predicted octanol–water partition coefficient (Wildman–Crippen LogP) is 5.66. The van der Waals surface area contributed by atoms with Crippen LogP contribution in [0.1, 0.15) is 50.4 Å². The maximum absolute atomic E-state index is 13.4. The van der Waals surface area contributed by atoms with E-state index in [9.17, 15) is 18.4 Å². The van der Waals surface area contributed by atoms with Crippen molar-refractivity contribution in [1.82, 2.24) is 15.0 Å². The molecule has 10 heteroatoms. The molecule has 3 heterocycles. The van der Waals surface area contributed by atoms with Gasteiger partial charge >= 0.3 is 0 Å². The van der Waals surface area contributed by atoms with Gasteiger partial charge in [-0.15, -0.1) is 11.3 Å². The van der Waals surface area contributed by atoms with Gasteiger partial charge in [-0.3, -0.25) is 9.59 Å². The van der Waals surface area contributed by atoms with Gasteiger partial charge in [0.05, 0.1) is 5.01 Å². The number of benzene rings is 2. The van der Waals surface area contributed by atoms with Gasteiger partial charge in [0.25, 0.3) is 11.8 Å². The van der Waals surface area contributed by atoms with Crippen LogP contribution in [-0.2, 0) is 0 Å². The molecule has 0 saturated carbocycles. The number of hydrogen-bond donors (Lipinski definition) is 1. The van der Waals surface area contributed by atoms with Crippen LogP contribution < -0.4 is 5.32 Å². The summed E-state index contributed by atoms with van der Waals surface area (Å²) >= 11 is 1.38. The minimum absolute atomic E-state index is 0.112. The minimum Gasteiger partial charge on any atom is -0.360 e. The van der Waals surface area contributed by atoms with Crippen molar-refractivity contribution in [1.29, 1.82) is 0 Å². The largest absolute Gasteiger partial charge is 0.360 e. The highest BCUT2D eigenvalue weighted by molar-refractivity contribution is 7.10. The molecule has 0 aliphatic carbocycles. The van der Waals surface area contributed by atoms with E-state index >= 15 is 0 Å². The summed E-state index contributed by atoms with van der Waals surface area (Å²) in [5.74, 6) is -2.03. The fraction of sp³-hybridized carbons (Fsp3) is 0.231. The van der Waals surface area contributed by atoms with E-state index in [-0.39, 0.29) is 23.2 Å². The number of carbonyl (C=O) groups is 2. The maximum Gasteiger partial charge on any atom is 0.275 e. The highest BCUT2D eigenvalue weighted by atomic mass is 32.1. The normalized spacial score (nSPS) is 14.1. The summed E-state index contributed by atoms with van der Waals surface area (Å²) in [6, 6.07) is 12.6. The average Bonchev–Trinajstić information content (AvgIpc) is 3.54. The number of piperidine rings is 1. The smallest absolute Gasteiger partial charge is 0.275 e. The van der Waals surface area contributed by atoms with Gasteiger partial charge in [0, 0.05) is 41.7 Å². The Labute approximate surface area is 209 Å². The minimum atomic E-state index is -1.04.